The first-order valence-corrected chi connectivity index (χ1v) is 11.9. The highest BCUT2D eigenvalue weighted by Crippen LogP contribution is 2.44. The Morgan fingerprint density at radius 2 is 1.88 bits per heavy atom. The smallest absolute Gasteiger partial charge is 0.417 e. The molecule has 14 heteroatoms. The maximum Gasteiger partial charge on any atom is 0.417 e. The van der Waals surface area contributed by atoms with Crippen molar-refractivity contribution in [2.45, 2.75) is 38.0 Å². The van der Waals surface area contributed by atoms with Crippen molar-refractivity contribution in [2.24, 2.45) is 5.73 Å². The molecule has 0 spiro atoms. The number of primary amides is 1. The zero-order chi connectivity index (χ0) is 29.8. The number of allylic oxidation sites excluding steroid dienone is 1. The predicted molar refractivity (Wildman–Crippen MR) is 130 cm³/mol. The molecule has 40 heavy (non-hydrogen) atoms. The minimum atomic E-state index is -5.08. The molecule has 0 fully saturated rings. The number of alkyl halides is 6. The van der Waals surface area contributed by atoms with Gasteiger partial charge in [0.2, 0.25) is 11.8 Å². The van der Waals surface area contributed by atoms with Crippen LogP contribution in [0.3, 0.4) is 0 Å². The van der Waals surface area contributed by atoms with Crippen LogP contribution in [0.1, 0.15) is 41.3 Å². The third-order valence-electron chi connectivity index (χ3n) is 5.78. The van der Waals surface area contributed by atoms with Crippen LogP contribution in [0.25, 0.3) is 5.57 Å². The highest BCUT2D eigenvalue weighted by molar-refractivity contribution is 6.10. The van der Waals surface area contributed by atoms with Crippen molar-refractivity contribution in [3.63, 3.8) is 0 Å². The Bertz CT molecular complexity index is 1330. The van der Waals surface area contributed by atoms with E-state index in [9.17, 15) is 36.3 Å². The zero-order valence-electron chi connectivity index (χ0n) is 21.0. The normalized spacial score (nSPS) is 16.6. The molecular formula is C26H24F7N3O4. The van der Waals surface area contributed by atoms with E-state index in [1.54, 1.807) is 0 Å². The minimum absolute atomic E-state index is 0.270. The van der Waals surface area contributed by atoms with E-state index in [2.05, 4.69) is 5.32 Å². The van der Waals surface area contributed by atoms with Crippen molar-refractivity contribution in [1.82, 2.24) is 5.32 Å². The molecule has 1 aliphatic heterocycles. The second-order valence-electron chi connectivity index (χ2n) is 8.93. The molecule has 0 saturated carbocycles. The molecule has 0 aromatic heterocycles. The van der Waals surface area contributed by atoms with Gasteiger partial charge in [-0.05, 0) is 43.3 Å². The summed E-state index contributed by atoms with van der Waals surface area (Å²) in [6.07, 6.45) is -7.49. The van der Waals surface area contributed by atoms with E-state index < -0.39 is 83.6 Å². The van der Waals surface area contributed by atoms with Gasteiger partial charge in [-0.15, -0.1) is 0 Å². The summed E-state index contributed by atoms with van der Waals surface area (Å²) < 4.78 is 105. The van der Waals surface area contributed by atoms with Crippen LogP contribution in [0.4, 0.5) is 36.4 Å². The van der Waals surface area contributed by atoms with Crippen LogP contribution in [0.15, 0.2) is 42.5 Å². The lowest BCUT2D eigenvalue weighted by atomic mass is 9.96. The molecule has 216 valence electrons. The Kier molecular flexibility index (Phi) is 9.10. The SMILES string of the molecule is C[C@@H](F)COc1ccc(C(=O)N2CCC(F)(F)/C(=C\C(=O)NCCC(N)=O)c3cc(F)ccc32)c(C(F)(F)F)c1. The number of nitrogens with zero attached hydrogens (tertiary/aromatic N) is 1. The lowest BCUT2D eigenvalue weighted by molar-refractivity contribution is -0.138. The van der Waals surface area contributed by atoms with Gasteiger partial charge in [0, 0.05) is 43.1 Å². The van der Waals surface area contributed by atoms with Gasteiger partial charge in [-0.3, -0.25) is 14.4 Å². The number of benzene rings is 2. The largest absolute Gasteiger partial charge is 0.491 e. The average molecular weight is 575 g/mol. The van der Waals surface area contributed by atoms with E-state index in [0.717, 1.165) is 31.2 Å². The molecule has 2 aromatic carbocycles. The molecule has 0 bridgehead atoms. The number of fused-ring (bicyclic) bond motifs is 1. The molecular weight excluding hydrogens is 551 g/mol. The van der Waals surface area contributed by atoms with E-state index in [0.29, 0.717) is 23.1 Å². The van der Waals surface area contributed by atoms with Gasteiger partial charge < -0.3 is 20.7 Å². The number of anilines is 1. The van der Waals surface area contributed by atoms with Gasteiger partial charge in [0.05, 0.1) is 16.8 Å². The standard InChI is InChI=1S/C26H24F7N3O4/c1-14(27)13-40-16-3-4-17(20(11-16)26(31,32)33)24(39)36-9-7-25(29,30)19(12-23(38)35-8-6-22(34)37)18-10-15(28)2-5-21(18)36/h2-5,10-12,14H,6-9,13H2,1H3,(H2,34,37)(H,35,38)/b19-12-/t14-/m1/s1. The summed E-state index contributed by atoms with van der Waals surface area (Å²) in [6, 6.07) is 4.68. The molecule has 7 nitrogen and oxygen atoms in total. The van der Waals surface area contributed by atoms with Gasteiger partial charge in [0.25, 0.3) is 11.8 Å². The summed E-state index contributed by atoms with van der Waals surface area (Å²) in [5.41, 5.74) is 0.676. The number of ether oxygens (including phenoxy) is 1. The van der Waals surface area contributed by atoms with Crippen LogP contribution >= 0.6 is 0 Å². The topological polar surface area (TPSA) is 102 Å². The maximum atomic E-state index is 15.3. The number of nitrogens with two attached hydrogens (primary N) is 1. The van der Waals surface area contributed by atoms with E-state index in [-0.39, 0.29) is 24.4 Å². The number of hydrogen-bond acceptors (Lipinski definition) is 4. The van der Waals surface area contributed by atoms with Gasteiger partial charge in [-0.25, -0.2) is 17.6 Å². The Balaban J connectivity index is 2.08. The van der Waals surface area contributed by atoms with Crippen molar-refractivity contribution < 1.29 is 49.9 Å². The number of rotatable bonds is 8. The summed E-state index contributed by atoms with van der Waals surface area (Å²) in [7, 11) is 0. The van der Waals surface area contributed by atoms with Crippen LogP contribution in [0, 0.1) is 5.82 Å². The number of nitrogens with one attached hydrogen (secondary N) is 1. The minimum Gasteiger partial charge on any atom is -0.491 e. The van der Waals surface area contributed by atoms with Crippen LogP contribution in [-0.2, 0) is 15.8 Å². The summed E-state index contributed by atoms with van der Waals surface area (Å²) in [6.45, 7) is -0.477. The van der Waals surface area contributed by atoms with E-state index in [1.165, 1.54) is 0 Å². The van der Waals surface area contributed by atoms with Crippen LogP contribution < -0.4 is 20.7 Å². The number of carbonyl (C=O) groups excluding carboxylic acids is 3. The summed E-state index contributed by atoms with van der Waals surface area (Å²) in [5, 5.41) is 2.19. The second kappa shape index (κ2) is 12.0. The Labute approximate surface area is 223 Å². The van der Waals surface area contributed by atoms with Gasteiger partial charge in [-0.2, -0.15) is 13.2 Å². The van der Waals surface area contributed by atoms with Crippen LogP contribution in [-0.4, -0.2) is 49.5 Å². The van der Waals surface area contributed by atoms with Crippen molar-refractivity contribution in [3.8, 4) is 5.75 Å². The fourth-order valence-corrected chi connectivity index (χ4v) is 3.94. The molecule has 0 saturated heterocycles. The third kappa shape index (κ3) is 7.30. The van der Waals surface area contributed by atoms with Gasteiger partial charge in [0.15, 0.2) is 0 Å². The fourth-order valence-electron chi connectivity index (χ4n) is 3.94. The predicted octanol–water partition coefficient (Wildman–Crippen LogP) is 4.64. The summed E-state index contributed by atoms with van der Waals surface area (Å²) in [5.74, 6) is -8.35. The molecule has 1 heterocycles. The molecule has 0 aliphatic carbocycles. The Hall–Kier alpha value is -4.10. The second-order valence-corrected chi connectivity index (χ2v) is 8.93. The highest BCUT2D eigenvalue weighted by atomic mass is 19.4. The van der Waals surface area contributed by atoms with Crippen molar-refractivity contribution in [2.75, 3.05) is 24.6 Å². The number of halogens is 7. The first-order valence-electron chi connectivity index (χ1n) is 11.9. The Morgan fingerprint density at radius 3 is 2.50 bits per heavy atom. The van der Waals surface area contributed by atoms with Crippen molar-refractivity contribution in [3.05, 3.63) is 65.0 Å². The number of amides is 3. The lowest BCUT2D eigenvalue weighted by Gasteiger charge is -2.25. The molecule has 1 atom stereocenters. The number of carbonyl (C=O) groups is 3. The highest BCUT2D eigenvalue weighted by Gasteiger charge is 2.43. The zero-order valence-corrected chi connectivity index (χ0v) is 21.0. The molecule has 2 aromatic rings. The van der Waals surface area contributed by atoms with E-state index >= 15 is 8.78 Å². The van der Waals surface area contributed by atoms with Crippen molar-refractivity contribution in [1.29, 1.82) is 0 Å². The number of hydrogen-bond donors (Lipinski definition) is 2. The molecule has 0 unspecified atom stereocenters. The molecule has 3 rings (SSSR count). The molecule has 0 radical (unpaired) electrons. The molecule has 3 amide bonds. The van der Waals surface area contributed by atoms with E-state index in [4.69, 9.17) is 10.5 Å². The van der Waals surface area contributed by atoms with Gasteiger partial charge in [0.1, 0.15) is 24.3 Å². The van der Waals surface area contributed by atoms with E-state index in [1.807, 2.05) is 0 Å². The first-order chi connectivity index (χ1) is 18.6. The Morgan fingerprint density at radius 1 is 1.18 bits per heavy atom. The van der Waals surface area contributed by atoms with Crippen LogP contribution in [0.5, 0.6) is 5.75 Å². The maximum absolute atomic E-state index is 15.3. The average Bonchev–Trinajstić information content (AvgIpc) is 2.95. The molecule has 1 aliphatic rings. The third-order valence-corrected chi connectivity index (χ3v) is 5.78. The monoisotopic (exact) mass is 575 g/mol. The first kappa shape index (κ1) is 30.4. The van der Waals surface area contributed by atoms with Crippen molar-refractivity contribution >= 4 is 29.0 Å². The lowest BCUT2D eigenvalue weighted by Crippen LogP contribution is -2.34. The fraction of sp³-hybridized carbons (Fsp3) is 0.346. The van der Waals surface area contributed by atoms with Gasteiger partial charge >= 0.3 is 6.18 Å². The quantitative estimate of drug-likeness (QED) is 0.354. The molecule has 3 N–H and O–H groups in total. The van der Waals surface area contributed by atoms with Crippen LogP contribution in [0.2, 0.25) is 0 Å². The van der Waals surface area contributed by atoms with Gasteiger partial charge in [-0.1, -0.05) is 0 Å². The summed E-state index contributed by atoms with van der Waals surface area (Å²) >= 11 is 0. The summed E-state index contributed by atoms with van der Waals surface area (Å²) in [4.78, 5) is 37.2.